The summed E-state index contributed by atoms with van der Waals surface area (Å²) in [5, 5.41) is 5.33. The summed E-state index contributed by atoms with van der Waals surface area (Å²) in [6, 6.07) is 8.52. The summed E-state index contributed by atoms with van der Waals surface area (Å²) >= 11 is 0. The first-order chi connectivity index (χ1) is 10.1. The van der Waals surface area contributed by atoms with E-state index in [-0.39, 0.29) is 24.9 Å². The number of amides is 2. The first kappa shape index (κ1) is 15.4. The fraction of sp³-hybridized carbons (Fsp3) is 0.500. The van der Waals surface area contributed by atoms with Crippen LogP contribution in [0.15, 0.2) is 24.3 Å². The number of likely N-dealkylation sites (N-methyl/N-ethyl adjacent to an activating group) is 1. The fourth-order valence-corrected chi connectivity index (χ4v) is 2.65. The molecule has 0 spiro atoms. The van der Waals surface area contributed by atoms with Crippen molar-refractivity contribution in [3.05, 3.63) is 29.8 Å². The van der Waals surface area contributed by atoms with Crippen LogP contribution in [0.4, 0.5) is 5.69 Å². The predicted octanol–water partition coefficient (Wildman–Crippen LogP) is 1.08. The summed E-state index contributed by atoms with van der Waals surface area (Å²) in [5.41, 5.74) is 2.41. The summed E-state index contributed by atoms with van der Waals surface area (Å²) in [6.07, 6.45) is 2.09. The zero-order valence-electron chi connectivity index (χ0n) is 12.7. The number of anilines is 1. The third kappa shape index (κ3) is 3.97. The Kier molecular flexibility index (Phi) is 5.20. The van der Waals surface area contributed by atoms with Crippen LogP contribution in [0.3, 0.4) is 0 Å². The molecule has 5 nitrogen and oxygen atoms in total. The van der Waals surface area contributed by atoms with Crippen LogP contribution in [-0.2, 0) is 16.0 Å². The van der Waals surface area contributed by atoms with E-state index in [4.69, 9.17) is 0 Å². The lowest BCUT2D eigenvalue weighted by atomic mass is 9.97. The Morgan fingerprint density at radius 3 is 2.76 bits per heavy atom. The van der Waals surface area contributed by atoms with Crippen molar-refractivity contribution in [2.45, 2.75) is 32.7 Å². The zero-order chi connectivity index (χ0) is 15.2. The average Bonchev–Trinajstić information content (AvgIpc) is 2.48. The summed E-state index contributed by atoms with van der Waals surface area (Å²) in [6.45, 7) is 4.89. The number of nitrogens with one attached hydrogen (secondary N) is 2. The molecule has 0 radical (unpaired) electrons. The lowest BCUT2D eigenvalue weighted by Crippen LogP contribution is -2.46. The molecule has 1 aliphatic rings. The number of carbonyl (C=O) groups is 2. The Balaban J connectivity index is 1.95. The highest BCUT2D eigenvalue weighted by Crippen LogP contribution is 2.29. The van der Waals surface area contributed by atoms with E-state index in [0.29, 0.717) is 12.6 Å². The molecule has 5 heteroatoms. The molecule has 1 heterocycles. The second kappa shape index (κ2) is 7.11. The molecule has 1 aromatic rings. The van der Waals surface area contributed by atoms with E-state index in [1.54, 1.807) is 0 Å². The van der Waals surface area contributed by atoms with Crippen LogP contribution in [0.2, 0.25) is 0 Å². The van der Waals surface area contributed by atoms with Crippen molar-refractivity contribution in [3.8, 4) is 0 Å². The van der Waals surface area contributed by atoms with Crippen LogP contribution in [0.5, 0.6) is 0 Å². The number of hydrogen-bond donors (Lipinski definition) is 2. The van der Waals surface area contributed by atoms with Crippen LogP contribution >= 0.6 is 0 Å². The molecule has 0 aliphatic carbocycles. The minimum absolute atomic E-state index is 0.0382. The van der Waals surface area contributed by atoms with Crippen molar-refractivity contribution in [1.29, 1.82) is 0 Å². The van der Waals surface area contributed by atoms with Gasteiger partial charge in [-0.1, -0.05) is 18.2 Å². The van der Waals surface area contributed by atoms with E-state index >= 15 is 0 Å². The normalized spacial score (nSPS) is 17.0. The van der Waals surface area contributed by atoms with Crippen molar-refractivity contribution in [2.24, 2.45) is 0 Å². The maximum Gasteiger partial charge on any atom is 0.239 e. The number of benzene rings is 1. The third-order valence-electron chi connectivity index (χ3n) is 3.80. The molecule has 2 amide bonds. The summed E-state index contributed by atoms with van der Waals surface area (Å²) in [5.74, 6) is -0.275. The molecule has 1 aromatic carbocycles. The first-order valence-corrected chi connectivity index (χ1v) is 7.49. The van der Waals surface area contributed by atoms with E-state index in [1.807, 2.05) is 19.1 Å². The molecule has 0 bridgehead atoms. The number of fused-ring (bicyclic) bond motifs is 1. The van der Waals surface area contributed by atoms with Crippen molar-refractivity contribution < 1.29 is 9.59 Å². The molecule has 114 valence electrons. The molecule has 0 unspecified atom stereocenters. The summed E-state index contributed by atoms with van der Waals surface area (Å²) in [4.78, 5) is 25.5. The van der Waals surface area contributed by atoms with E-state index in [0.717, 1.165) is 18.5 Å². The Hall–Kier alpha value is -2.04. The van der Waals surface area contributed by atoms with Gasteiger partial charge in [0.05, 0.1) is 13.1 Å². The summed E-state index contributed by atoms with van der Waals surface area (Å²) < 4.78 is 0. The monoisotopic (exact) mass is 289 g/mol. The van der Waals surface area contributed by atoms with Gasteiger partial charge in [-0.15, -0.1) is 0 Å². The molecular weight excluding hydrogens is 266 g/mol. The van der Waals surface area contributed by atoms with Gasteiger partial charge in [0.15, 0.2) is 0 Å². The van der Waals surface area contributed by atoms with E-state index in [9.17, 15) is 9.59 Å². The SMILES string of the molecule is CCNC(=O)CNC(=O)CN1c2ccccc2CC[C@H]1C. The highest BCUT2D eigenvalue weighted by molar-refractivity contribution is 5.87. The molecule has 21 heavy (non-hydrogen) atoms. The van der Waals surface area contributed by atoms with Crippen molar-refractivity contribution in [2.75, 3.05) is 24.5 Å². The number of nitrogens with zero attached hydrogens (tertiary/aromatic N) is 1. The van der Waals surface area contributed by atoms with Gasteiger partial charge in [0.1, 0.15) is 0 Å². The van der Waals surface area contributed by atoms with Crippen molar-refractivity contribution in [1.82, 2.24) is 10.6 Å². The Labute approximate surface area is 125 Å². The van der Waals surface area contributed by atoms with Gasteiger partial charge in [-0.2, -0.15) is 0 Å². The average molecular weight is 289 g/mol. The highest BCUT2D eigenvalue weighted by atomic mass is 16.2. The Morgan fingerprint density at radius 2 is 2.00 bits per heavy atom. The predicted molar refractivity (Wildman–Crippen MR) is 83.3 cm³/mol. The smallest absolute Gasteiger partial charge is 0.239 e. The van der Waals surface area contributed by atoms with Crippen molar-refractivity contribution >= 4 is 17.5 Å². The highest BCUT2D eigenvalue weighted by Gasteiger charge is 2.24. The van der Waals surface area contributed by atoms with E-state index in [2.05, 4.69) is 34.6 Å². The van der Waals surface area contributed by atoms with Gasteiger partial charge in [-0.05, 0) is 38.3 Å². The van der Waals surface area contributed by atoms with E-state index < -0.39 is 0 Å². The van der Waals surface area contributed by atoms with Gasteiger partial charge in [-0.3, -0.25) is 9.59 Å². The molecule has 0 saturated carbocycles. The second-order valence-electron chi connectivity index (χ2n) is 5.37. The molecule has 0 fully saturated rings. The second-order valence-corrected chi connectivity index (χ2v) is 5.37. The molecule has 1 aliphatic heterocycles. The standard InChI is InChI=1S/C16H23N3O2/c1-3-17-15(20)10-18-16(21)11-19-12(2)8-9-13-6-4-5-7-14(13)19/h4-7,12H,3,8-11H2,1-2H3,(H,17,20)(H,18,21)/t12-/m1/s1. The quantitative estimate of drug-likeness (QED) is 0.852. The minimum Gasteiger partial charge on any atom is -0.359 e. The number of carbonyl (C=O) groups excluding carboxylic acids is 2. The minimum atomic E-state index is -0.155. The van der Waals surface area contributed by atoms with Crippen molar-refractivity contribution in [3.63, 3.8) is 0 Å². The Bertz CT molecular complexity index is 516. The van der Waals surface area contributed by atoms with Gasteiger partial charge in [0.2, 0.25) is 11.8 Å². The van der Waals surface area contributed by atoms with Gasteiger partial charge < -0.3 is 15.5 Å². The van der Waals surface area contributed by atoms with Crippen LogP contribution in [-0.4, -0.2) is 37.5 Å². The topological polar surface area (TPSA) is 61.4 Å². The Morgan fingerprint density at radius 1 is 1.24 bits per heavy atom. The zero-order valence-corrected chi connectivity index (χ0v) is 12.7. The summed E-state index contributed by atoms with van der Waals surface area (Å²) in [7, 11) is 0. The molecule has 0 aromatic heterocycles. The molecular formula is C16H23N3O2. The largest absolute Gasteiger partial charge is 0.359 e. The van der Waals surface area contributed by atoms with E-state index in [1.165, 1.54) is 5.56 Å². The molecule has 2 rings (SSSR count). The maximum absolute atomic E-state index is 12.0. The molecule has 2 N–H and O–H groups in total. The number of para-hydroxylation sites is 1. The van der Waals surface area contributed by atoms with Crippen LogP contribution in [0.25, 0.3) is 0 Å². The number of aryl methyl sites for hydroxylation is 1. The van der Waals surface area contributed by atoms with Gasteiger partial charge in [0.25, 0.3) is 0 Å². The molecule has 1 atom stereocenters. The van der Waals surface area contributed by atoms with Gasteiger partial charge >= 0.3 is 0 Å². The third-order valence-corrected chi connectivity index (χ3v) is 3.80. The fourth-order valence-electron chi connectivity index (χ4n) is 2.65. The lowest BCUT2D eigenvalue weighted by Gasteiger charge is -2.36. The maximum atomic E-state index is 12.0. The van der Waals surface area contributed by atoms with Crippen LogP contribution in [0, 0.1) is 0 Å². The van der Waals surface area contributed by atoms with Gasteiger partial charge in [-0.25, -0.2) is 0 Å². The lowest BCUT2D eigenvalue weighted by molar-refractivity contribution is -0.125. The first-order valence-electron chi connectivity index (χ1n) is 7.49. The number of hydrogen-bond acceptors (Lipinski definition) is 3. The van der Waals surface area contributed by atoms with Gasteiger partial charge in [0, 0.05) is 18.3 Å². The number of rotatable bonds is 5. The van der Waals surface area contributed by atoms with Crippen LogP contribution in [0.1, 0.15) is 25.8 Å². The molecule has 0 saturated heterocycles. The van der Waals surface area contributed by atoms with Crippen LogP contribution < -0.4 is 15.5 Å².